The molecule has 7 aromatic carbocycles. The summed E-state index contributed by atoms with van der Waals surface area (Å²) in [5.41, 5.74) is 7.32. The molecule has 0 aliphatic heterocycles. The maximum atomic E-state index is 15.9. The van der Waals surface area contributed by atoms with Crippen molar-refractivity contribution in [2.45, 2.75) is 33.9 Å². The average Bonchev–Trinajstić information content (AvgIpc) is 3.75. The number of hydrogen-bond donors (Lipinski definition) is 0. The lowest BCUT2D eigenvalue weighted by Crippen LogP contribution is -2.11. The largest absolute Gasteiger partial charge is 0.416 e. The van der Waals surface area contributed by atoms with Crippen molar-refractivity contribution in [1.82, 2.24) is 54.4 Å². The van der Waals surface area contributed by atoms with Crippen molar-refractivity contribution < 1.29 is 13.2 Å². The Labute approximate surface area is 428 Å². The van der Waals surface area contributed by atoms with Crippen LogP contribution in [-0.4, -0.2) is 54.4 Å². The third-order valence-corrected chi connectivity index (χ3v) is 12.9. The van der Waals surface area contributed by atoms with Crippen molar-refractivity contribution in [2.24, 2.45) is 0 Å². The van der Waals surface area contributed by atoms with Crippen LogP contribution in [0.1, 0.15) is 28.9 Å². The van der Waals surface area contributed by atoms with Gasteiger partial charge in [0.1, 0.15) is 23.3 Å². The third kappa shape index (κ3) is 9.03. The Bertz CT molecular complexity index is 3740. The van der Waals surface area contributed by atoms with Crippen molar-refractivity contribution in [3.8, 4) is 96.3 Å². The molecule has 0 fully saturated rings. The van der Waals surface area contributed by atoms with E-state index in [1.54, 1.807) is 0 Å². The van der Waals surface area contributed by atoms with Gasteiger partial charge in [0.2, 0.25) is 0 Å². The minimum absolute atomic E-state index is 0.0514. The van der Waals surface area contributed by atoms with E-state index in [-0.39, 0.29) is 22.8 Å². The Hall–Kier alpha value is -9.69. The lowest BCUT2D eigenvalue weighted by molar-refractivity contribution is -0.137. The molecule has 0 aliphatic rings. The number of nitrogens with zero attached hydrogens (tertiary/aromatic N) is 11. The number of aryl methyl sites for hydroxylation is 4. The van der Waals surface area contributed by atoms with E-state index in [0.717, 1.165) is 45.2 Å². The molecule has 0 radical (unpaired) electrons. The fourth-order valence-electron chi connectivity index (χ4n) is 9.57. The number of alkyl halides is 3. The molecule has 362 valence electrons. The predicted molar refractivity (Wildman–Crippen MR) is 286 cm³/mol. The number of fused-ring (bicyclic) bond motifs is 3. The molecule has 12 aromatic rings. The van der Waals surface area contributed by atoms with Gasteiger partial charge in [0.25, 0.3) is 0 Å². The standard InChI is InChI=1S/C61H42F3N11/c1-35-65-36(2)68-57(67-35)43-25-27-54-46(29-43)47-30-44(58-69-37(3)66-38(4)70-58)26-28-55(47)75(54)56-48(59-71-50(39-17-9-5-10-18-39)33-51(72-59)40-19-11-6-12-20-40)31-45(61(62,63)64)32-49(56)60-73-52(41-21-13-7-14-22-41)34-53(74-60)42-23-15-8-16-24-42/h5-34H,1-4H3. The number of aromatic nitrogens is 11. The van der Waals surface area contributed by atoms with Crippen LogP contribution in [0.15, 0.2) is 182 Å². The minimum atomic E-state index is -4.84. The molecular formula is C61H42F3N11. The topological polar surface area (TPSA) is 134 Å². The zero-order valence-corrected chi connectivity index (χ0v) is 40.9. The summed E-state index contributed by atoms with van der Waals surface area (Å²) in [5.74, 6) is 3.27. The van der Waals surface area contributed by atoms with Gasteiger partial charge in [0.05, 0.1) is 45.1 Å². The Balaban J connectivity index is 1.25. The van der Waals surface area contributed by atoms with Crippen molar-refractivity contribution in [3.63, 3.8) is 0 Å². The highest BCUT2D eigenvalue weighted by atomic mass is 19.4. The lowest BCUT2D eigenvalue weighted by Gasteiger charge is -2.21. The molecule has 0 bridgehead atoms. The Morgan fingerprint density at radius 1 is 0.320 bits per heavy atom. The first-order chi connectivity index (χ1) is 36.4. The monoisotopic (exact) mass is 985 g/mol. The Morgan fingerprint density at radius 2 is 0.640 bits per heavy atom. The molecule has 0 aliphatic carbocycles. The molecule has 11 nitrogen and oxygen atoms in total. The van der Waals surface area contributed by atoms with E-state index in [1.807, 2.05) is 202 Å². The molecule has 0 N–H and O–H groups in total. The van der Waals surface area contributed by atoms with Crippen LogP contribution in [-0.2, 0) is 6.18 Å². The summed E-state index contributed by atoms with van der Waals surface area (Å²) in [6.07, 6.45) is -4.84. The molecule has 5 heterocycles. The quantitative estimate of drug-likeness (QED) is 0.138. The first-order valence-corrected chi connectivity index (χ1v) is 24.1. The van der Waals surface area contributed by atoms with Crippen LogP contribution in [0.5, 0.6) is 0 Å². The summed E-state index contributed by atoms with van der Waals surface area (Å²) < 4.78 is 49.8. The van der Waals surface area contributed by atoms with Crippen LogP contribution < -0.4 is 0 Å². The summed E-state index contributed by atoms with van der Waals surface area (Å²) in [7, 11) is 0. The van der Waals surface area contributed by atoms with E-state index in [9.17, 15) is 0 Å². The summed E-state index contributed by atoms with van der Waals surface area (Å²) in [4.78, 5) is 48.5. The Kier molecular flexibility index (Phi) is 11.6. The first-order valence-electron chi connectivity index (χ1n) is 24.1. The van der Waals surface area contributed by atoms with Crippen LogP contribution in [0.4, 0.5) is 13.2 Å². The highest BCUT2D eigenvalue weighted by molar-refractivity contribution is 6.12. The molecular weight excluding hydrogens is 944 g/mol. The normalized spacial score (nSPS) is 11.7. The van der Waals surface area contributed by atoms with Crippen LogP contribution in [0.25, 0.3) is 118 Å². The third-order valence-electron chi connectivity index (χ3n) is 12.9. The van der Waals surface area contributed by atoms with E-state index in [4.69, 9.17) is 39.9 Å². The van der Waals surface area contributed by atoms with E-state index >= 15 is 13.2 Å². The molecule has 12 rings (SSSR count). The van der Waals surface area contributed by atoms with Crippen molar-refractivity contribution in [1.29, 1.82) is 0 Å². The molecule has 0 spiro atoms. The number of rotatable bonds is 9. The lowest BCUT2D eigenvalue weighted by atomic mass is 9.98. The van der Waals surface area contributed by atoms with Gasteiger partial charge in [-0.3, -0.25) is 0 Å². The van der Waals surface area contributed by atoms with Gasteiger partial charge in [-0.2, -0.15) is 13.2 Å². The van der Waals surface area contributed by atoms with E-state index in [1.165, 1.54) is 0 Å². The second-order valence-corrected chi connectivity index (χ2v) is 18.1. The summed E-state index contributed by atoms with van der Waals surface area (Å²) in [6, 6.07) is 55.8. The fourth-order valence-corrected chi connectivity index (χ4v) is 9.57. The zero-order valence-electron chi connectivity index (χ0n) is 40.9. The van der Waals surface area contributed by atoms with Crippen LogP contribution in [0.3, 0.4) is 0 Å². The van der Waals surface area contributed by atoms with Crippen molar-refractivity contribution >= 4 is 21.8 Å². The second-order valence-electron chi connectivity index (χ2n) is 18.1. The van der Waals surface area contributed by atoms with Gasteiger partial charge in [-0.1, -0.05) is 121 Å². The minimum Gasteiger partial charge on any atom is -0.308 e. The maximum absolute atomic E-state index is 15.9. The number of halogens is 3. The van der Waals surface area contributed by atoms with Gasteiger partial charge in [-0.25, -0.2) is 49.8 Å². The van der Waals surface area contributed by atoms with Crippen molar-refractivity contribution in [2.75, 3.05) is 0 Å². The second kappa shape index (κ2) is 18.7. The predicted octanol–water partition coefficient (Wildman–Crippen LogP) is 14.3. The van der Waals surface area contributed by atoms with E-state index < -0.39 is 11.7 Å². The molecule has 75 heavy (non-hydrogen) atoms. The number of hydrogen-bond acceptors (Lipinski definition) is 10. The van der Waals surface area contributed by atoms with Gasteiger partial charge in [0, 0.05) is 55.3 Å². The highest BCUT2D eigenvalue weighted by Crippen LogP contribution is 2.46. The molecule has 0 unspecified atom stereocenters. The van der Waals surface area contributed by atoms with Crippen LogP contribution >= 0.6 is 0 Å². The molecule has 0 saturated carbocycles. The molecule has 0 atom stereocenters. The van der Waals surface area contributed by atoms with Gasteiger partial charge in [0.15, 0.2) is 23.3 Å². The summed E-state index contributed by atoms with van der Waals surface area (Å²) in [5, 5.41) is 1.49. The van der Waals surface area contributed by atoms with Gasteiger partial charge >= 0.3 is 6.18 Å². The summed E-state index contributed by atoms with van der Waals surface area (Å²) >= 11 is 0. The van der Waals surface area contributed by atoms with Crippen LogP contribution in [0.2, 0.25) is 0 Å². The SMILES string of the molecule is Cc1nc(C)nc(-c2ccc3c(c2)c2cc(-c4nc(C)nc(C)n4)ccc2n3-c2c(-c3nc(-c4ccccc4)cc(-c4ccccc4)n3)cc(C(F)(F)F)cc2-c2nc(-c3ccccc3)cc(-c3ccccc3)n2)n1. The molecule has 0 amide bonds. The van der Waals surface area contributed by atoms with Crippen molar-refractivity contribution in [3.05, 3.63) is 211 Å². The van der Waals surface area contributed by atoms with E-state index in [2.05, 4.69) is 9.97 Å². The first kappa shape index (κ1) is 46.4. The van der Waals surface area contributed by atoms with Gasteiger partial charge in [-0.15, -0.1) is 0 Å². The fraction of sp³-hybridized carbons (Fsp3) is 0.0820. The zero-order chi connectivity index (χ0) is 51.4. The van der Waals surface area contributed by atoms with Gasteiger partial charge < -0.3 is 4.57 Å². The molecule has 5 aromatic heterocycles. The van der Waals surface area contributed by atoms with Gasteiger partial charge in [-0.05, 0) is 88.4 Å². The molecule has 0 saturated heterocycles. The highest BCUT2D eigenvalue weighted by Gasteiger charge is 2.35. The van der Waals surface area contributed by atoms with Crippen LogP contribution in [0, 0.1) is 27.7 Å². The van der Waals surface area contributed by atoms with E-state index in [0.29, 0.717) is 85.6 Å². The summed E-state index contributed by atoms with van der Waals surface area (Å²) in [6.45, 7) is 7.27. The Morgan fingerprint density at radius 3 is 0.947 bits per heavy atom. The maximum Gasteiger partial charge on any atom is 0.416 e. The number of benzene rings is 7. The smallest absolute Gasteiger partial charge is 0.308 e. The average molecular weight is 986 g/mol. The molecule has 14 heteroatoms.